The van der Waals surface area contributed by atoms with Gasteiger partial charge in [-0.3, -0.25) is 4.79 Å². The molecule has 1 aromatic heterocycles. The number of hydrogen-bond acceptors (Lipinski definition) is 5. The van der Waals surface area contributed by atoms with Crippen LogP contribution in [0.3, 0.4) is 0 Å². The van der Waals surface area contributed by atoms with Crippen LogP contribution in [-0.4, -0.2) is 48.8 Å². The van der Waals surface area contributed by atoms with Crippen molar-refractivity contribution in [2.45, 2.75) is 13.3 Å². The third-order valence-electron chi connectivity index (χ3n) is 2.52. The fraction of sp³-hybridized carbons (Fsp3) is 0.600. The van der Waals surface area contributed by atoms with Crippen LogP contribution in [-0.2, 0) is 10.0 Å². The Morgan fingerprint density at radius 3 is 2.79 bits per heavy atom. The van der Waals surface area contributed by atoms with Gasteiger partial charge in [0.1, 0.15) is 5.02 Å². The van der Waals surface area contributed by atoms with E-state index in [-0.39, 0.29) is 5.02 Å². The van der Waals surface area contributed by atoms with Gasteiger partial charge in [0.15, 0.2) is 0 Å². The van der Waals surface area contributed by atoms with Crippen LogP contribution in [0.4, 0.5) is 5.69 Å². The second kappa shape index (κ2) is 6.88. The van der Waals surface area contributed by atoms with Gasteiger partial charge in [-0.2, -0.15) is 5.10 Å². The lowest BCUT2D eigenvalue weighted by Gasteiger charge is -2.17. The second-order valence-corrected chi connectivity index (χ2v) is 6.32. The third-order valence-corrected chi connectivity index (χ3v) is 4.27. The van der Waals surface area contributed by atoms with E-state index in [4.69, 9.17) is 11.6 Å². The average Bonchev–Trinajstić information content (AvgIpc) is 2.32. The van der Waals surface area contributed by atoms with Crippen LogP contribution in [0.2, 0.25) is 5.02 Å². The van der Waals surface area contributed by atoms with Crippen LogP contribution >= 0.6 is 11.6 Å². The Balaban J connectivity index is 2.47. The first-order valence-corrected chi connectivity index (χ1v) is 8.01. The van der Waals surface area contributed by atoms with Crippen LogP contribution in [0, 0.1) is 0 Å². The number of nitrogens with one attached hydrogen (secondary N) is 2. The van der Waals surface area contributed by atoms with Gasteiger partial charge in [-0.25, -0.2) is 17.8 Å². The molecule has 0 aliphatic heterocycles. The zero-order valence-corrected chi connectivity index (χ0v) is 12.4. The Hall–Kier alpha value is -1.12. The highest BCUT2D eigenvalue weighted by molar-refractivity contribution is 7.88. The first-order valence-electron chi connectivity index (χ1n) is 5.78. The van der Waals surface area contributed by atoms with Gasteiger partial charge < -0.3 is 5.32 Å². The van der Waals surface area contributed by atoms with Crippen LogP contribution in [0.1, 0.15) is 13.3 Å². The molecule has 0 aliphatic rings. The molecule has 0 saturated carbocycles. The van der Waals surface area contributed by atoms with E-state index in [2.05, 4.69) is 15.5 Å². The van der Waals surface area contributed by atoms with Crippen molar-refractivity contribution in [1.29, 1.82) is 0 Å². The van der Waals surface area contributed by atoms with Gasteiger partial charge in [-0.15, -0.1) is 0 Å². The zero-order chi connectivity index (χ0) is 14.5. The molecule has 1 heterocycles. The lowest BCUT2D eigenvalue weighted by Crippen LogP contribution is -2.31. The number of anilines is 1. The maximum atomic E-state index is 11.4. The maximum Gasteiger partial charge on any atom is 0.285 e. The third kappa shape index (κ3) is 4.81. The number of sulfonamides is 1. The molecule has 1 aromatic rings. The lowest BCUT2D eigenvalue weighted by atomic mass is 10.4. The Labute approximate surface area is 117 Å². The molecule has 0 amide bonds. The highest BCUT2D eigenvalue weighted by Gasteiger charge is 2.13. The number of rotatable bonds is 7. The molecule has 108 valence electrons. The van der Waals surface area contributed by atoms with Crippen LogP contribution < -0.4 is 10.9 Å². The topological polar surface area (TPSA) is 95.2 Å². The predicted octanol–water partition coefficient (Wildman–Crippen LogP) is 0.507. The Morgan fingerprint density at radius 1 is 1.53 bits per heavy atom. The van der Waals surface area contributed by atoms with E-state index < -0.39 is 15.6 Å². The minimum atomic E-state index is -3.16. The number of nitrogens with zero attached hydrogens (tertiary/aromatic N) is 2. The summed E-state index contributed by atoms with van der Waals surface area (Å²) in [5, 5.41) is 8.83. The predicted molar refractivity (Wildman–Crippen MR) is 75.1 cm³/mol. The van der Waals surface area contributed by atoms with Gasteiger partial charge in [0.05, 0.1) is 18.1 Å². The van der Waals surface area contributed by atoms with Gasteiger partial charge in [-0.05, 0) is 6.42 Å². The minimum Gasteiger partial charge on any atom is -0.382 e. The molecule has 9 heteroatoms. The van der Waals surface area contributed by atoms with Crippen molar-refractivity contribution in [3.63, 3.8) is 0 Å². The molecule has 1 rings (SSSR count). The summed E-state index contributed by atoms with van der Waals surface area (Å²) >= 11 is 5.78. The molecule has 7 nitrogen and oxygen atoms in total. The molecule has 0 unspecified atom stereocenters. The lowest BCUT2D eigenvalue weighted by molar-refractivity contribution is 0.429. The summed E-state index contributed by atoms with van der Waals surface area (Å²) in [6, 6.07) is 0. The first-order chi connectivity index (χ1) is 8.86. The van der Waals surface area contributed by atoms with Crippen LogP contribution in [0.15, 0.2) is 11.0 Å². The molecule has 0 aliphatic carbocycles. The van der Waals surface area contributed by atoms with Crippen LogP contribution in [0.25, 0.3) is 0 Å². The van der Waals surface area contributed by atoms with E-state index in [1.54, 1.807) is 6.92 Å². The second-order valence-electron chi connectivity index (χ2n) is 3.96. The van der Waals surface area contributed by atoms with Gasteiger partial charge in [0.25, 0.3) is 5.56 Å². The summed E-state index contributed by atoms with van der Waals surface area (Å²) in [6.45, 7) is 3.13. The van der Waals surface area contributed by atoms with Gasteiger partial charge in [0, 0.05) is 19.6 Å². The Kier molecular flexibility index (Phi) is 5.77. The molecule has 0 saturated heterocycles. The van der Waals surface area contributed by atoms with Crippen molar-refractivity contribution >= 4 is 27.3 Å². The van der Waals surface area contributed by atoms with Crippen LogP contribution in [0.5, 0.6) is 0 Å². The SMILES string of the molecule is CCN(CCCNc1cn[nH]c(=O)c1Cl)S(C)(=O)=O. The normalized spacial score (nSPS) is 11.8. The number of aromatic nitrogens is 2. The molecule has 0 radical (unpaired) electrons. The number of hydrogen-bond donors (Lipinski definition) is 2. The molecule has 19 heavy (non-hydrogen) atoms. The van der Waals surface area contributed by atoms with Crippen molar-refractivity contribution < 1.29 is 8.42 Å². The van der Waals surface area contributed by atoms with E-state index >= 15 is 0 Å². The Morgan fingerprint density at radius 2 is 2.21 bits per heavy atom. The van der Waals surface area contributed by atoms with Gasteiger partial charge >= 0.3 is 0 Å². The van der Waals surface area contributed by atoms with Gasteiger partial charge in [0.2, 0.25) is 10.0 Å². The number of H-pyrrole nitrogens is 1. The smallest absolute Gasteiger partial charge is 0.285 e. The van der Waals surface area contributed by atoms with E-state index in [1.807, 2.05) is 0 Å². The summed E-state index contributed by atoms with van der Waals surface area (Å²) in [5.41, 5.74) is -0.0224. The molecular weight excluding hydrogens is 292 g/mol. The first kappa shape index (κ1) is 15.9. The summed E-state index contributed by atoms with van der Waals surface area (Å²) in [5.74, 6) is 0. The van der Waals surface area contributed by atoms with E-state index in [0.717, 1.165) is 0 Å². The molecule has 2 N–H and O–H groups in total. The summed E-state index contributed by atoms with van der Waals surface area (Å²) in [4.78, 5) is 11.2. The highest BCUT2D eigenvalue weighted by atomic mass is 35.5. The molecule has 0 bridgehead atoms. The standard InChI is InChI=1S/C10H17ClN4O3S/c1-3-15(19(2,17)18)6-4-5-12-8-7-13-14-10(16)9(8)11/h7H,3-6H2,1-2H3,(H2,12,14,16). The average molecular weight is 309 g/mol. The van der Waals surface area contributed by atoms with Crippen molar-refractivity contribution in [1.82, 2.24) is 14.5 Å². The van der Waals surface area contributed by atoms with Crippen molar-refractivity contribution in [3.05, 3.63) is 21.6 Å². The van der Waals surface area contributed by atoms with E-state index in [1.165, 1.54) is 16.8 Å². The van der Waals surface area contributed by atoms with Crippen molar-refractivity contribution in [2.75, 3.05) is 31.2 Å². The Bertz CT molecular complexity index is 572. The molecule has 0 atom stereocenters. The largest absolute Gasteiger partial charge is 0.382 e. The zero-order valence-electron chi connectivity index (χ0n) is 10.8. The fourth-order valence-corrected chi connectivity index (χ4v) is 2.63. The molecule has 0 spiro atoms. The number of aromatic amines is 1. The molecule has 0 fully saturated rings. The van der Waals surface area contributed by atoms with Crippen molar-refractivity contribution in [3.8, 4) is 0 Å². The highest BCUT2D eigenvalue weighted by Crippen LogP contribution is 2.14. The summed E-state index contributed by atoms with van der Waals surface area (Å²) < 4.78 is 24.1. The van der Waals surface area contributed by atoms with Crippen molar-refractivity contribution in [2.24, 2.45) is 0 Å². The monoisotopic (exact) mass is 308 g/mol. The molecular formula is C10H17ClN4O3S. The van der Waals surface area contributed by atoms with E-state index in [0.29, 0.717) is 31.7 Å². The maximum absolute atomic E-state index is 11.4. The summed E-state index contributed by atoms with van der Waals surface area (Å²) in [7, 11) is -3.16. The molecule has 0 aromatic carbocycles. The van der Waals surface area contributed by atoms with E-state index in [9.17, 15) is 13.2 Å². The number of halogens is 1. The van der Waals surface area contributed by atoms with Gasteiger partial charge in [-0.1, -0.05) is 18.5 Å². The minimum absolute atomic E-state index is 0.0467. The summed E-state index contributed by atoms with van der Waals surface area (Å²) in [6.07, 6.45) is 3.20. The fourth-order valence-electron chi connectivity index (χ4n) is 1.54. The quantitative estimate of drug-likeness (QED) is 0.716.